The molecule has 0 unspecified atom stereocenters. The highest BCUT2D eigenvalue weighted by atomic mass is 32.2. The largest absolute Gasteiger partial charge is 0.384 e. The molecule has 0 aliphatic carbocycles. The lowest BCUT2D eigenvalue weighted by atomic mass is 10.2. The van der Waals surface area contributed by atoms with E-state index in [1.54, 1.807) is 49.4 Å². The monoisotopic (exact) mass is 263 g/mol. The molecule has 0 radical (unpaired) electrons. The number of nitrogens with one attached hydrogen (secondary N) is 1. The van der Waals surface area contributed by atoms with Crippen molar-refractivity contribution >= 4 is 21.7 Å². The number of hydrogen-bond donors (Lipinski definition) is 2. The number of aromatic nitrogens is 1. The van der Waals surface area contributed by atoms with Gasteiger partial charge < -0.3 is 5.73 Å². The van der Waals surface area contributed by atoms with Crippen molar-refractivity contribution in [2.24, 2.45) is 0 Å². The van der Waals surface area contributed by atoms with Crippen molar-refractivity contribution in [1.82, 2.24) is 4.98 Å². The molecule has 0 atom stereocenters. The Morgan fingerprint density at radius 2 is 1.83 bits per heavy atom. The molecule has 94 valence electrons. The summed E-state index contributed by atoms with van der Waals surface area (Å²) >= 11 is 0. The van der Waals surface area contributed by atoms with Crippen LogP contribution in [0.2, 0.25) is 0 Å². The maximum absolute atomic E-state index is 12.1. The number of benzene rings is 1. The Kier molecular flexibility index (Phi) is 3.20. The van der Waals surface area contributed by atoms with E-state index in [-0.39, 0.29) is 16.5 Å². The van der Waals surface area contributed by atoms with Crippen molar-refractivity contribution in [1.29, 1.82) is 0 Å². The fourth-order valence-corrected chi connectivity index (χ4v) is 2.81. The molecule has 18 heavy (non-hydrogen) atoms. The SMILES string of the molecule is Cc1ccccc1S(=O)(=O)Nc1cccc(N)n1. The second kappa shape index (κ2) is 4.66. The fourth-order valence-electron chi connectivity index (χ4n) is 1.56. The topological polar surface area (TPSA) is 85.1 Å². The van der Waals surface area contributed by atoms with Gasteiger partial charge in [0.25, 0.3) is 10.0 Å². The third-order valence-electron chi connectivity index (χ3n) is 2.39. The average Bonchev–Trinajstić information content (AvgIpc) is 2.28. The van der Waals surface area contributed by atoms with Gasteiger partial charge in [-0.1, -0.05) is 24.3 Å². The minimum Gasteiger partial charge on any atom is -0.384 e. The summed E-state index contributed by atoms with van der Waals surface area (Å²) in [5.74, 6) is 0.471. The van der Waals surface area contributed by atoms with Gasteiger partial charge in [-0.2, -0.15) is 0 Å². The summed E-state index contributed by atoms with van der Waals surface area (Å²) in [5.41, 5.74) is 6.18. The lowest BCUT2D eigenvalue weighted by Crippen LogP contribution is -2.15. The van der Waals surface area contributed by atoms with Gasteiger partial charge in [-0.3, -0.25) is 4.72 Å². The van der Waals surface area contributed by atoms with Crippen LogP contribution in [0.25, 0.3) is 0 Å². The number of aryl methyl sites for hydroxylation is 1. The molecule has 5 nitrogen and oxygen atoms in total. The van der Waals surface area contributed by atoms with Crippen LogP contribution in [0.15, 0.2) is 47.4 Å². The van der Waals surface area contributed by atoms with Gasteiger partial charge >= 0.3 is 0 Å². The fraction of sp³-hybridized carbons (Fsp3) is 0.0833. The van der Waals surface area contributed by atoms with Crippen LogP contribution in [0, 0.1) is 6.92 Å². The van der Waals surface area contributed by atoms with Gasteiger partial charge in [-0.25, -0.2) is 13.4 Å². The first-order chi connectivity index (χ1) is 8.49. The summed E-state index contributed by atoms with van der Waals surface area (Å²) in [5, 5.41) is 0. The third-order valence-corrected chi connectivity index (χ3v) is 3.91. The van der Waals surface area contributed by atoms with E-state index < -0.39 is 10.0 Å². The highest BCUT2D eigenvalue weighted by molar-refractivity contribution is 7.92. The minimum absolute atomic E-state index is 0.207. The number of anilines is 2. The van der Waals surface area contributed by atoms with Crippen LogP contribution in [0.3, 0.4) is 0 Å². The van der Waals surface area contributed by atoms with Crippen molar-refractivity contribution in [3.8, 4) is 0 Å². The van der Waals surface area contributed by atoms with Crippen molar-refractivity contribution < 1.29 is 8.42 Å². The first-order valence-electron chi connectivity index (χ1n) is 5.30. The summed E-state index contributed by atoms with van der Waals surface area (Å²) in [4.78, 5) is 4.13. The number of nitrogen functional groups attached to an aromatic ring is 1. The molecule has 3 N–H and O–H groups in total. The summed E-state index contributed by atoms with van der Waals surface area (Å²) in [6.07, 6.45) is 0. The zero-order valence-electron chi connectivity index (χ0n) is 9.79. The molecular formula is C12H13N3O2S. The van der Waals surface area contributed by atoms with E-state index in [1.807, 2.05) is 0 Å². The summed E-state index contributed by atoms with van der Waals surface area (Å²) in [7, 11) is -3.63. The summed E-state index contributed by atoms with van der Waals surface area (Å²) < 4.78 is 26.7. The molecule has 1 aromatic heterocycles. The molecule has 2 aromatic rings. The molecule has 0 amide bonds. The van der Waals surface area contributed by atoms with E-state index in [9.17, 15) is 8.42 Å². The standard InChI is InChI=1S/C12H13N3O2S/c1-9-5-2-3-6-10(9)18(16,17)15-12-8-4-7-11(13)14-12/h2-8H,1H3,(H3,13,14,15). The van der Waals surface area contributed by atoms with Crippen LogP contribution in [0.1, 0.15) is 5.56 Å². The second-order valence-corrected chi connectivity index (χ2v) is 5.47. The highest BCUT2D eigenvalue weighted by Crippen LogP contribution is 2.18. The van der Waals surface area contributed by atoms with Crippen LogP contribution in [-0.4, -0.2) is 13.4 Å². The maximum Gasteiger partial charge on any atom is 0.263 e. The molecular weight excluding hydrogens is 250 g/mol. The molecule has 0 bridgehead atoms. The Morgan fingerprint density at radius 3 is 2.50 bits per heavy atom. The molecule has 6 heteroatoms. The molecule has 1 aromatic carbocycles. The first kappa shape index (κ1) is 12.4. The van der Waals surface area contributed by atoms with Crippen LogP contribution in [-0.2, 0) is 10.0 Å². The van der Waals surface area contributed by atoms with Crippen molar-refractivity contribution in [2.75, 3.05) is 10.5 Å². The smallest absolute Gasteiger partial charge is 0.263 e. The predicted octanol–water partition coefficient (Wildman–Crippen LogP) is 1.77. The van der Waals surface area contributed by atoms with Gasteiger partial charge in [0.2, 0.25) is 0 Å². The van der Waals surface area contributed by atoms with E-state index in [1.165, 1.54) is 0 Å². The van der Waals surface area contributed by atoms with Crippen LogP contribution in [0.5, 0.6) is 0 Å². The van der Waals surface area contributed by atoms with Gasteiger partial charge in [0.1, 0.15) is 11.6 Å². The Hall–Kier alpha value is -2.08. The normalized spacial score (nSPS) is 11.2. The molecule has 1 heterocycles. The molecule has 0 saturated heterocycles. The Labute approximate surface area is 106 Å². The number of hydrogen-bond acceptors (Lipinski definition) is 4. The lowest BCUT2D eigenvalue weighted by molar-refractivity contribution is 0.600. The number of nitrogens with two attached hydrogens (primary N) is 1. The van der Waals surface area contributed by atoms with Crippen LogP contribution >= 0.6 is 0 Å². The van der Waals surface area contributed by atoms with Crippen molar-refractivity contribution in [3.05, 3.63) is 48.0 Å². The van der Waals surface area contributed by atoms with Crippen LogP contribution in [0.4, 0.5) is 11.6 Å². The third kappa shape index (κ3) is 2.60. The van der Waals surface area contributed by atoms with Crippen LogP contribution < -0.4 is 10.5 Å². The van der Waals surface area contributed by atoms with Crippen molar-refractivity contribution in [3.63, 3.8) is 0 Å². The lowest BCUT2D eigenvalue weighted by Gasteiger charge is -2.09. The summed E-state index contributed by atoms with van der Waals surface area (Å²) in [6, 6.07) is 11.5. The quantitative estimate of drug-likeness (QED) is 0.883. The van der Waals surface area contributed by atoms with E-state index in [4.69, 9.17) is 5.73 Å². The van der Waals surface area contributed by atoms with Gasteiger partial charge in [0.15, 0.2) is 0 Å². The highest BCUT2D eigenvalue weighted by Gasteiger charge is 2.16. The second-order valence-electron chi connectivity index (χ2n) is 3.82. The van der Waals surface area contributed by atoms with Gasteiger partial charge in [-0.05, 0) is 30.7 Å². The average molecular weight is 263 g/mol. The number of nitrogens with zero attached hydrogens (tertiary/aromatic N) is 1. The van der Waals surface area contributed by atoms with E-state index in [2.05, 4.69) is 9.71 Å². The zero-order chi connectivity index (χ0) is 13.2. The molecule has 2 rings (SSSR count). The first-order valence-corrected chi connectivity index (χ1v) is 6.78. The Morgan fingerprint density at radius 1 is 1.11 bits per heavy atom. The number of rotatable bonds is 3. The molecule has 0 fully saturated rings. The Balaban J connectivity index is 2.37. The number of pyridine rings is 1. The van der Waals surface area contributed by atoms with Gasteiger partial charge in [-0.15, -0.1) is 0 Å². The predicted molar refractivity (Wildman–Crippen MR) is 70.6 cm³/mol. The van der Waals surface area contributed by atoms with Gasteiger partial charge in [0, 0.05) is 0 Å². The molecule has 0 aliphatic rings. The van der Waals surface area contributed by atoms with E-state index in [0.29, 0.717) is 5.56 Å². The number of sulfonamides is 1. The van der Waals surface area contributed by atoms with E-state index in [0.717, 1.165) is 0 Å². The Bertz CT molecular complexity index is 669. The minimum atomic E-state index is -3.63. The molecule has 0 saturated carbocycles. The van der Waals surface area contributed by atoms with E-state index >= 15 is 0 Å². The van der Waals surface area contributed by atoms with Gasteiger partial charge in [0.05, 0.1) is 4.90 Å². The molecule has 0 spiro atoms. The zero-order valence-corrected chi connectivity index (χ0v) is 10.6. The summed E-state index contributed by atoms with van der Waals surface area (Å²) in [6.45, 7) is 1.74. The molecule has 0 aliphatic heterocycles. The maximum atomic E-state index is 12.1. The van der Waals surface area contributed by atoms with Crippen molar-refractivity contribution in [2.45, 2.75) is 11.8 Å².